The lowest BCUT2D eigenvalue weighted by molar-refractivity contribution is 1.04. The van der Waals surface area contributed by atoms with Crippen molar-refractivity contribution in [3.8, 4) is 135 Å². The van der Waals surface area contributed by atoms with Crippen LogP contribution in [0.25, 0.3) is 216 Å². The van der Waals surface area contributed by atoms with Gasteiger partial charge in [-0.1, -0.05) is 303 Å². The van der Waals surface area contributed by atoms with Crippen LogP contribution in [0, 0.1) is 20.8 Å². The molecule has 0 unspecified atom stereocenters. The van der Waals surface area contributed by atoms with Crippen LogP contribution < -0.4 is 0 Å². The minimum atomic E-state index is 0.890. The highest BCUT2D eigenvalue weighted by Gasteiger charge is 2.21. The van der Waals surface area contributed by atoms with Crippen molar-refractivity contribution in [2.45, 2.75) is 20.8 Å². The van der Waals surface area contributed by atoms with Crippen molar-refractivity contribution in [3.05, 3.63) is 437 Å². The van der Waals surface area contributed by atoms with Gasteiger partial charge in [0.25, 0.3) is 0 Å². The molecule has 9 aromatic heterocycles. The summed E-state index contributed by atoms with van der Waals surface area (Å²) >= 11 is 0. The fraction of sp³-hybridized carbons (Fsp3) is 0.0263. The van der Waals surface area contributed by atoms with E-state index in [-0.39, 0.29) is 0 Å². The van der Waals surface area contributed by atoms with Gasteiger partial charge in [0.05, 0.1) is 51.2 Å². The smallest absolute Gasteiger partial charge is 0.140 e. The molecule has 9 heterocycles. The maximum atomic E-state index is 5.43. The van der Waals surface area contributed by atoms with Crippen LogP contribution in [0.15, 0.2) is 420 Å². The van der Waals surface area contributed by atoms with E-state index < -0.39 is 0 Å². The lowest BCUT2D eigenvalue weighted by Crippen LogP contribution is -1.94. The van der Waals surface area contributed by atoms with E-state index in [4.69, 9.17) is 29.9 Å². The van der Waals surface area contributed by atoms with Gasteiger partial charge in [0, 0.05) is 85.7 Å². The number of pyridine rings is 3. The van der Waals surface area contributed by atoms with E-state index in [2.05, 4.69) is 375 Å². The molecular formula is C114H78N12. The third kappa shape index (κ3) is 14.3. The van der Waals surface area contributed by atoms with Gasteiger partial charge in [-0.15, -0.1) is 0 Å². The molecule has 0 aliphatic heterocycles. The number of benzene rings is 15. The Hall–Kier alpha value is -16.8. The third-order valence-corrected chi connectivity index (χ3v) is 24.3. The van der Waals surface area contributed by atoms with E-state index in [9.17, 15) is 0 Å². The van der Waals surface area contributed by atoms with Crippen molar-refractivity contribution < 1.29 is 0 Å². The summed E-state index contributed by atoms with van der Waals surface area (Å²) < 4.78 is 6.07. The van der Waals surface area contributed by atoms with E-state index in [0.717, 1.165) is 152 Å². The van der Waals surface area contributed by atoms with Crippen molar-refractivity contribution in [1.29, 1.82) is 0 Å². The van der Waals surface area contributed by atoms with Crippen LogP contribution in [0.4, 0.5) is 0 Å². The number of aromatic nitrogens is 12. The van der Waals surface area contributed by atoms with Crippen LogP contribution in [0.5, 0.6) is 0 Å². The molecule has 126 heavy (non-hydrogen) atoms. The molecule has 12 nitrogen and oxygen atoms in total. The maximum absolute atomic E-state index is 5.43. The van der Waals surface area contributed by atoms with Gasteiger partial charge in [0.15, 0.2) is 0 Å². The Morgan fingerprint density at radius 3 is 0.905 bits per heavy atom. The first-order valence-electron chi connectivity index (χ1n) is 42.3. The first-order chi connectivity index (χ1) is 62.1. The molecule has 0 N–H and O–H groups in total. The summed E-state index contributed by atoms with van der Waals surface area (Å²) in [6.07, 6.45) is 10.8. The number of rotatable bonds is 12. The van der Waals surface area contributed by atoms with Gasteiger partial charge in [-0.05, 0) is 198 Å². The van der Waals surface area contributed by atoms with Crippen LogP contribution >= 0.6 is 0 Å². The molecule has 0 atom stereocenters. The highest BCUT2D eigenvalue weighted by Crippen LogP contribution is 2.43. The second-order valence-electron chi connectivity index (χ2n) is 31.9. The lowest BCUT2D eigenvalue weighted by atomic mass is 9.90. The third-order valence-electron chi connectivity index (χ3n) is 24.3. The van der Waals surface area contributed by atoms with Crippen LogP contribution in [-0.4, -0.2) is 58.1 Å². The molecule has 0 aliphatic carbocycles. The fourth-order valence-corrected chi connectivity index (χ4v) is 17.7. The van der Waals surface area contributed by atoms with Gasteiger partial charge in [0.2, 0.25) is 0 Å². The zero-order valence-electron chi connectivity index (χ0n) is 69.2. The first kappa shape index (κ1) is 75.4. The topological polar surface area (TPSA) is 129 Å². The number of hydrogen-bond acceptors (Lipinski definition) is 9. The normalized spacial score (nSPS) is 11.5. The molecule has 0 radical (unpaired) electrons. The van der Waals surface area contributed by atoms with Crippen LogP contribution in [-0.2, 0) is 0 Å². The van der Waals surface area contributed by atoms with Crippen LogP contribution in [0.3, 0.4) is 0 Å². The zero-order valence-corrected chi connectivity index (χ0v) is 69.2. The van der Waals surface area contributed by atoms with Crippen molar-refractivity contribution in [2.24, 2.45) is 0 Å². The Kier molecular flexibility index (Phi) is 19.3. The molecule has 15 aromatic carbocycles. The number of nitrogens with zero attached hydrogens (tertiary/aromatic N) is 12. The largest absolute Gasteiger partial charge is 0.287 e. The average molecular weight is 1620 g/mol. The maximum Gasteiger partial charge on any atom is 0.140 e. The summed E-state index contributed by atoms with van der Waals surface area (Å²) in [4.78, 5) is 43.0. The standard InChI is InChI=1S/C46H30N4.C38H26N4.C30H22N4/c1-29-46(49-45-22-23-47-28-50(29)45)31-20-18-30(19-21-31)43-26-34(41-24-32-10-2-4-12-35(32)37-14-6-8-16-39(37)41)27-44(48-43)42-25-33-11-3-5-13-36(33)38-15-7-9-17-40(38)42;1-25-38(41-37-18-19-39-24-42(25)37)29-14-12-28(13-15-29)35-22-34(32-16-10-26-6-2-4-8-30(26)20-32)23-36(40-35)33-17-11-27-7-3-5-9-31(27)21-33;1-21-30(33-29-16-17-31-20-34(21)29)25-14-12-24(13-15-25)28-19-26(22-8-4-2-5-9-22)18-27(32-28)23-10-6-3-7-11-23/h2-28H,1H3;2-24H,1H3;2-20H,1H3. The molecule has 0 amide bonds. The van der Waals surface area contributed by atoms with E-state index >= 15 is 0 Å². The van der Waals surface area contributed by atoms with Gasteiger partial charge in [-0.2, -0.15) is 0 Å². The molecule has 24 aromatic rings. The predicted octanol–water partition coefficient (Wildman–Crippen LogP) is 28.2. The summed E-state index contributed by atoms with van der Waals surface area (Å²) in [5, 5.41) is 14.7. The first-order valence-corrected chi connectivity index (χ1v) is 42.3. The highest BCUT2D eigenvalue weighted by molar-refractivity contribution is 6.16. The molecule has 12 heteroatoms. The van der Waals surface area contributed by atoms with Gasteiger partial charge < -0.3 is 0 Å². The van der Waals surface area contributed by atoms with Crippen LogP contribution in [0.2, 0.25) is 0 Å². The predicted molar refractivity (Wildman–Crippen MR) is 517 cm³/mol. The van der Waals surface area contributed by atoms with Crippen molar-refractivity contribution >= 4 is 81.6 Å². The Balaban J connectivity index is 0.000000114. The molecule has 594 valence electrons. The van der Waals surface area contributed by atoms with Crippen molar-refractivity contribution in [1.82, 2.24) is 58.1 Å². The van der Waals surface area contributed by atoms with E-state index in [1.807, 2.05) is 68.3 Å². The molecule has 0 bridgehead atoms. The molecule has 0 fully saturated rings. The number of aryl methyl sites for hydroxylation is 3. The van der Waals surface area contributed by atoms with Gasteiger partial charge in [-0.3, -0.25) is 13.2 Å². The quantitative estimate of drug-likeness (QED) is 0.110. The van der Waals surface area contributed by atoms with E-state index in [1.165, 1.54) is 81.3 Å². The molecular weight excluding hydrogens is 1540 g/mol. The summed E-state index contributed by atoms with van der Waals surface area (Å²) in [7, 11) is 0. The highest BCUT2D eigenvalue weighted by atomic mass is 15.1. The molecule has 0 saturated carbocycles. The number of imidazole rings is 3. The summed E-state index contributed by atoms with van der Waals surface area (Å²) in [5.74, 6) is 0. The molecule has 0 aliphatic rings. The monoisotopic (exact) mass is 1610 g/mol. The van der Waals surface area contributed by atoms with Gasteiger partial charge in [0.1, 0.15) is 35.9 Å². The van der Waals surface area contributed by atoms with Crippen LogP contribution in [0.1, 0.15) is 17.1 Å². The van der Waals surface area contributed by atoms with Gasteiger partial charge >= 0.3 is 0 Å². The Labute approximate surface area is 727 Å². The fourth-order valence-electron chi connectivity index (χ4n) is 17.7. The Morgan fingerprint density at radius 1 is 0.175 bits per heavy atom. The van der Waals surface area contributed by atoms with Gasteiger partial charge in [-0.25, -0.2) is 44.9 Å². The Morgan fingerprint density at radius 2 is 0.468 bits per heavy atom. The second kappa shape index (κ2) is 32.3. The Bertz CT molecular complexity index is 8010. The summed E-state index contributed by atoms with van der Waals surface area (Å²) in [6.45, 7) is 6.24. The van der Waals surface area contributed by atoms with E-state index in [0.29, 0.717) is 0 Å². The summed E-state index contributed by atoms with van der Waals surface area (Å²) in [5.41, 5.74) is 31.1. The molecule has 0 spiro atoms. The molecule has 0 saturated heterocycles. The second-order valence-corrected chi connectivity index (χ2v) is 31.9. The average Bonchev–Trinajstić information content (AvgIpc) is 0.957. The lowest BCUT2D eigenvalue weighted by Gasteiger charge is -2.16. The van der Waals surface area contributed by atoms with E-state index in [1.54, 1.807) is 24.9 Å². The minimum Gasteiger partial charge on any atom is -0.287 e. The summed E-state index contributed by atoms with van der Waals surface area (Å²) in [6, 6.07) is 135. The SMILES string of the molecule is Cc1c(-c2ccc(-c3cc(-c4cc5ccccc5c5ccccc45)cc(-c4cc5ccccc5c5ccccc45)n3)cc2)nc2ccncn12.Cc1c(-c2ccc(-c3cc(-c4ccc5ccccc5c4)cc(-c4ccc5ccccc5c4)n3)cc2)nc2ccncn12.Cc1c(-c2ccc(-c3cc(-c4ccccc4)cc(-c4ccccc4)n3)cc2)nc2ccncn12. The van der Waals surface area contributed by atoms with Crippen molar-refractivity contribution in [2.75, 3.05) is 0 Å². The van der Waals surface area contributed by atoms with Crippen molar-refractivity contribution in [3.63, 3.8) is 0 Å². The number of fused-ring (bicyclic) bond motifs is 11. The number of hydrogen-bond donors (Lipinski definition) is 0. The zero-order chi connectivity index (χ0) is 84.1. The molecule has 24 rings (SSSR count). The minimum absolute atomic E-state index is 0.890.